The quantitative estimate of drug-likeness (QED) is 0.739. The summed E-state index contributed by atoms with van der Waals surface area (Å²) in [7, 11) is 1.76. The van der Waals surface area contributed by atoms with Gasteiger partial charge >= 0.3 is 0 Å². The summed E-state index contributed by atoms with van der Waals surface area (Å²) >= 11 is 0. The molecule has 0 aromatic heterocycles. The predicted octanol–water partition coefficient (Wildman–Crippen LogP) is 3.63. The first-order valence-electron chi connectivity index (χ1n) is 11.5. The van der Waals surface area contributed by atoms with Crippen molar-refractivity contribution in [3.05, 3.63) is 35.9 Å². The van der Waals surface area contributed by atoms with Crippen LogP contribution >= 0.6 is 0 Å². The number of nitrogens with one attached hydrogen (secondary N) is 1. The van der Waals surface area contributed by atoms with Crippen LogP contribution in [0.1, 0.15) is 69.8 Å². The summed E-state index contributed by atoms with van der Waals surface area (Å²) in [5, 5.41) is 3.92. The first kappa shape index (κ1) is 20.4. The zero-order chi connectivity index (χ0) is 20.3. The van der Waals surface area contributed by atoms with Gasteiger partial charge in [0.05, 0.1) is 0 Å². The first-order chi connectivity index (χ1) is 14.1. The summed E-state index contributed by atoms with van der Waals surface area (Å²) < 4.78 is 0. The molecule has 2 aliphatic carbocycles. The number of aryl methyl sites for hydroxylation is 1. The monoisotopic (exact) mass is 396 g/mol. The number of carbonyl (C=O) groups is 1. The molecule has 0 saturated heterocycles. The van der Waals surface area contributed by atoms with Crippen LogP contribution in [0.4, 0.5) is 0 Å². The number of hydrogen-bond donors (Lipinski definition) is 2. The van der Waals surface area contributed by atoms with Crippen molar-refractivity contribution in [2.24, 2.45) is 16.6 Å². The molecule has 1 heterocycles. The molecule has 1 aromatic carbocycles. The summed E-state index contributed by atoms with van der Waals surface area (Å²) in [5.74, 6) is 0.988. The van der Waals surface area contributed by atoms with E-state index >= 15 is 0 Å². The van der Waals surface area contributed by atoms with Gasteiger partial charge in [0.1, 0.15) is 5.54 Å². The van der Waals surface area contributed by atoms with Gasteiger partial charge in [-0.1, -0.05) is 56.0 Å². The molecule has 3 atom stereocenters. The number of amides is 1. The van der Waals surface area contributed by atoms with Crippen LogP contribution in [0.5, 0.6) is 0 Å². The second kappa shape index (κ2) is 8.86. The lowest BCUT2D eigenvalue weighted by Crippen LogP contribution is -2.45. The third-order valence-electron chi connectivity index (χ3n) is 7.28. The standard InChI is InChI=1S/C24H36N4O/c1-28-22(29)24(27-23(28)25,15-14-18-8-3-2-4-9-18)17-19-10-7-13-21(16-19)26-20-11-5-6-12-20/h2-4,8-9,19-21,26H,5-7,10-17H2,1H3,(H2,25,27)/t19-,21-,24+/m0/s1. The SMILES string of the molecule is CN1C(=O)[C@@](CCc2ccccc2)(C[C@H]2CCC[C@H](NC3CCCC3)C2)N=C1N. The summed E-state index contributed by atoms with van der Waals surface area (Å²) in [5.41, 5.74) is 6.67. The minimum atomic E-state index is -0.686. The molecule has 1 aromatic rings. The fraction of sp³-hybridized carbons (Fsp3) is 0.667. The molecule has 2 saturated carbocycles. The molecule has 3 N–H and O–H groups in total. The highest BCUT2D eigenvalue weighted by Gasteiger charge is 2.47. The lowest BCUT2D eigenvalue weighted by Gasteiger charge is -2.36. The van der Waals surface area contributed by atoms with Crippen LogP contribution in [0.25, 0.3) is 0 Å². The number of nitrogens with zero attached hydrogens (tertiary/aromatic N) is 2. The van der Waals surface area contributed by atoms with Crippen molar-refractivity contribution >= 4 is 11.9 Å². The average Bonchev–Trinajstić information content (AvgIpc) is 3.31. The van der Waals surface area contributed by atoms with Crippen LogP contribution in [0.15, 0.2) is 35.3 Å². The van der Waals surface area contributed by atoms with Gasteiger partial charge in [0.15, 0.2) is 5.96 Å². The average molecular weight is 397 g/mol. The van der Waals surface area contributed by atoms with E-state index in [1.54, 1.807) is 11.9 Å². The van der Waals surface area contributed by atoms with E-state index in [2.05, 4.69) is 29.6 Å². The van der Waals surface area contributed by atoms with Crippen molar-refractivity contribution in [2.45, 2.75) is 88.3 Å². The number of benzene rings is 1. The molecule has 2 fully saturated rings. The topological polar surface area (TPSA) is 70.7 Å². The van der Waals surface area contributed by atoms with Crippen LogP contribution in [0.2, 0.25) is 0 Å². The summed E-state index contributed by atoms with van der Waals surface area (Å²) in [6.45, 7) is 0. The Morgan fingerprint density at radius 1 is 1.10 bits per heavy atom. The molecule has 0 radical (unpaired) electrons. The molecule has 5 heteroatoms. The van der Waals surface area contributed by atoms with Crippen molar-refractivity contribution in [1.82, 2.24) is 10.2 Å². The fourth-order valence-electron chi connectivity index (χ4n) is 5.68. The van der Waals surface area contributed by atoms with Crippen molar-refractivity contribution in [3.63, 3.8) is 0 Å². The maximum Gasteiger partial charge on any atom is 0.257 e. The van der Waals surface area contributed by atoms with Gasteiger partial charge in [-0.2, -0.15) is 0 Å². The van der Waals surface area contributed by atoms with Gasteiger partial charge in [-0.3, -0.25) is 9.69 Å². The van der Waals surface area contributed by atoms with Gasteiger partial charge in [0.25, 0.3) is 5.91 Å². The lowest BCUT2D eigenvalue weighted by atomic mass is 9.75. The summed E-state index contributed by atoms with van der Waals surface area (Å²) in [4.78, 5) is 19.5. The normalized spacial score (nSPS) is 30.7. The van der Waals surface area contributed by atoms with Crippen molar-refractivity contribution in [3.8, 4) is 0 Å². The summed E-state index contributed by atoms with van der Waals surface area (Å²) in [6, 6.07) is 11.7. The number of guanidine groups is 1. The van der Waals surface area contributed by atoms with E-state index < -0.39 is 5.54 Å². The molecule has 0 bridgehead atoms. The Hall–Kier alpha value is -1.88. The zero-order valence-corrected chi connectivity index (χ0v) is 17.8. The Balaban J connectivity index is 1.44. The Morgan fingerprint density at radius 3 is 2.52 bits per heavy atom. The minimum absolute atomic E-state index is 0.0804. The van der Waals surface area contributed by atoms with Crippen molar-refractivity contribution in [2.75, 3.05) is 7.05 Å². The van der Waals surface area contributed by atoms with Gasteiger partial charge in [0.2, 0.25) is 0 Å². The molecule has 1 aliphatic heterocycles. The molecule has 1 amide bonds. The minimum Gasteiger partial charge on any atom is -0.369 e. The van der Waals surface area contributed by atoms with Crippen LogP contribution < -0.4 is 11.1 Å². The van der Waals surface area contributed by atoms with E-state index in [0.717, 1.165) is 25.7 Å². The molecule has 4 rings (SSSR count). The second-order valence-corrected chi connectivity index (χ2v) is 9.43. The smallest absolute Gasteiger partial charge is 0.257 e. The molecule has 3 aliphatic rings. The fourth-order valence-corrected chi connectivity index (χ4v) is 5.68. The molecule has 5 nitrogen and oxygen atoms in total. The Labute approximate surface area is 175 Å². The lowest BCUT2D eigenvalue weighted by molar-refractivity contribution is -0.131. The van der Waals surface area contributed by atoms with Crippen LogP contribution in [-0.2, 0) is 11.2 Å². The largest absolute Gasteiger partial charge is 0.369 e. The third-order valence-corrected chi connectivity index (χ3v) is 7.28. The summed E-state index contributed by atoms with van der Waals surface area (Å²) in [6.07, 6.45) is 12.7. The van der Waals surface area contributed by atoms with Gasteiger partial charge in [-0.15, -0.1) is 0 Å². The van der Waals surface area contributed by atoms with E-state index in [0.29, 0.717) is 24.0 Å². The molecule has 0 spiro atoms. The van der Waals surface area contributed by atoms with Gasteiger partial charge in [-0.25, -0.2) is 4.99 Å². The van der Waals surface area contributed by atoms with Crippen LogP contribution in [0, 0.1) is 5.92 Å². The first-order valence-corrected chi connectivity index (χ1v) is 11.5. The van der Waals surface area contributed by atoms with Gasteiger partial charge in [0, 0.05) is 19.1 Å². The van der Waals surface area contributed by atoms with E-state index in [1.165, 1.54) is 50.5 Å². The molecule has 158 valence electrons. The zero-order valence-electron chi connectivity index (χ0n) is 17.8. The van der Waals surface area contributed by atoms with Crippen molar-refractivity contribution in [1.29, 1.82) is 0 Å². The number of carbonyl (C=O) groups excluding carboxylic acids is 1. The van der Waals surface area contributed by atoms with Crippen LogP contribution in [-0.4, -0.2) is 41.4 Å². The van der Waals surface area contributed by atoms with E-state index in [4.69, 9.17) is 10.7 Å². The Morgan fingerprint density at radius 2 is 1.83 bits per heavy atom. The second-order valence-electron chi connectivity index (χ2n) is 9.43. The highest BCUT2D eigenvalue weighted by Crippen LogP contribution is 2.38. The van der Waals surface area contributed by atoms with E-state index in [1.807, 2.05) is 6.07 Å². The van der Waals surface area contributed by atoms with Gasteiger partial charge in [-0.05, 0) is 56.4 Å². The number of hydrogen-bond acceptors (Lipinski definition) is 4. The number of aliphatic imine (C=N–C) groups is 1. The van der Waals surface area contributed by atoms with E-state index in [9.17, 15) is 4.79 Å². The maximum atomic E-state index is 13.2. The Bertz CT molecular complexity index is 728. The highest BCUT2D eigenvalue weighted by atomic mass is 16.2. The third kappa shape index (κ3) is 4.66. The molecular formula is C24H36N4O. The number of rotatable bonds is 7. The van der Waals surface area contributed by atoms with Crippen molar-refractivity contribution < 1.29 is 4.79 Å². The molecule has 0 unspecified atom stereocenters. The van der Waals surface area contributed by atoms with Crippen LogP contribution in [0.3, 0.4) is 0 Å². The highest BCUT2D eigenvalue weighted by molar-refractivity contribution is 6.06. The Kier molecular flexibility index (Phi) is 6.23. The predicted molar refractivity (Wildman–Crippen MR) is 118 cm³/mol. The van der Waals surface area contributed by atoms with E-state index in [-0.39, 0.29) is 5.91 Å². The number of likely N-dealkylation sites (N-methyl/N-ethyl adjacent to an activating group) is 1. The number of nitrogens with two attached hydrogens (primary N) is 1. The molecular weight excluding hydrogens is 360 g/mol. The van der Waals surface area contributed by atoms with Gasteiger partial charge < -0.3 is 11.1 Å². The maximum absolute atomic E-state index is 13.2. The molecule has 29 heavy (non-hydrogen) atoms.